The lowest BCUT2D eigenvalue weighted by Crippen LogP contribution is -2.54. The van der Waals surface area contributed by atoms with Crippen LogP contribution in [0.5, 0.6) is 0 Å². The smallest absolute Gasteiger partial charge is 0.252 e. The van der Waals surface area contributed by atoms with Gasteiger partial charge in [0.15, 0.2) is 0 Å². The van der Waals surface area contributed by atoms with E-state index in [2.05, 4.69) is 11.4 Å². The van der Waals surface area contributed by atoms with E-state index in [0.29, 0.717) is 30.5 Å². The summed E-state index contributed by atoms with van der Waals surface area (Å²) in [6.45, 7) is 3.52. The highest BCUT2D eigenvalue weighted by Gasteiger charge is 2.43. The van der Waals surface area contributed by atoms with Crippen LogP contribution in [0.2, 0.25) is 4.34 Å². The highest BCUT2D eigenvalue weighted by atomic mass is 35.5. The molecule has 1 N–H and O–H groups in total. The van der Waals surface area contributed by atoms with Crippen molar-refractivity contribution in [2.24, 2.45) is 5.92 Å². The van der Waals surface area contributed by atoms with E-state index in [9.17, 15) is 18.5 Å². The summed E-state index contributed by atoms with van der Waals surface area (Å²) < 4.78 is 27.3. The van der Waals surface area contributed by atoms with Gasteiger partial charge in [-0.1, -0.05) is 11.6 Å². The highest BCUT2D eigenvalue weighted by molar-refractivity contribution is 7.91. The topological polar surface area (TPSA) is 93.5 Å². The molecule has 0 spiro atoms. The van der Waals surface area contributed by atoms with E-state index in [1.54, 1.807) is 13.0 Å². The molecular formula is C16H21ClN4O3S2. The quantitative estimate of drug-likeness (QED) is 0.758. The first-order chi connectivity index (χ1) is 12.2. The lowest BCUT2D eigenvalue weighted by molar-refractivity contribution is -0.123. The molecule has 1 amide bonds. The summed E-state index contributed by atoms with van der Waals surface area (Å²) >= 11 is 6.88. The minimum absolute atomic E-state index is 0.169. The van der Waals surface area contributed by atoms with Crippen LogP contribution in [0.25, 0.3) is 0 Å². The Bertz CT molecular complexity index is 823. The maximum absolute atomic E-state index is 12.6. The van der Waals surface area contributed by atoms with Gasteiger partial charge >= 0.3 is 0 Å². The third kappa shape index (κ3) is 4.21. The number of carbonyl (C=O) groups is 1. The Morgan fingerprint density at radius 3 is 2.54 bits per heavy atom. The first-order valence-corrected chi connectivity index (χ1v) is 11.1. The zero-order valence-electron chi connectivity index (χ0n) is 14.4. The van der Waals surface area contributed by atoms with Gasteiger partial charge in [0.05, 0.1) is 17.0 Å². The second-order valence-corrected chi connectivity index (χ2v) is 10.8. The Hall–Kier alpha value is -1.18. The van der Waals surface area contributed by atoms with Gasteiger partial charge in [-0.05, 0) is 37.8 Å². The predicted octanol–water partition coefficient (Wildman–Crippen LogP) is 1.52. The molecule has 1 saturated heterocycles. The fraction of sp³-hybridized carbons (Fsp3) is 0.625. The summed E-state index contributed by atoms with van der Waals surface area (Å²) in [7, 11) is -3.53. The van der Waals surface area contributed by atoms with Crippen LogP contribution in [0, 0.1) is 17.2 Å². The summed E-state index contributed by atoms with van der Waals surface area (Å²) in [5.74, 6) is 0.0401. The summed E-state index contributed by atoms with van der Waals surface area (Å²) in [6.07, 6.45) is 1.93. The van der Waals surface area contributed by atoms with E-state index < -0.39 is 15.6 Å². The number of piperazine rings is 1. The van der Waals surface area contributed by atoms with Crippen LogP contribution in [-0.4, -0.2) is 61.8 Å². The molecular weight excluding hydrogens is 396 g/mol. The molecule has 1 aromatic rings. The normalized spacial score (nSPS) is 21.7. The zero-order valence-corrected chi connectivity index (χ0v) is 16.8. The number of hydrogen-bond acceptors (Lipinski definition) is 6. The van der Waals surface area contributed by atoms with Crippen LogP contribution in [0.3, 0.4) is 0 Å². The van der Waals surface area contributed by atoms with Gasteiger partial charge in [0.1, 0.15) is 9.75 Å². The van der Waals surface area contributed by atoms with Gasteiger partial charge in [0.25, 0.3) is 10.0 Å². The number of thiophene rings is 1. The van der Waals surface area contributed by atoms with E-state index in [-0.39, 0.29) is 22.6 Å². The predicted molar refractivity (Wildman–Crippen MR) is 99.4 cm³/mol. The summed E-state index contributed by atoms with van der Waals surface area (Å²) in [5, 5.41) is 12.2. The van der Waals surface area contributed by atoms with Crippen molar-refractivity contribution in [1.29, 1.82) is 5.26 Å². The number of halogens is 1. The standard InChI is InChI=1S/C16H21ClN4O3S2/c1-16(11-18,12-2-3-12)19-14(22)10-20-6-8-21(9-7-20)26(23,24)15-5-4-13(17)25-15/h4-5,12H,2-3,6-10H2,1H3,(H,19,22)/t16-/m0/s1. The second-order valence-electron chi connectivity index (χ2n) is 6.88. The van der Waals surface area contributed by atoms with Crippen molar-refractivity contribution >= 4 is 38.9 Å². The van der Waals surface area contributed by atoms with E-state index in [1.165, 1.54) is 10.4 Å². The highest BCUT2D eigenvalue weighted by Crippen LogP contribution is 2.39. The van der Waals surface area contributed by atoms with Crippen LogP contribution >= 0.6 is 22.9 Å². The average molecular weight is 417 g/mol. The molecule has 1 aromatic heterocycles. The van der Waals surface area contributed by atoms with E-state index in [1.807, 2.05) is 4.90 Å². The number of carbonyl (C=O) groups excluding carboxylic acids is 1. The Kier molecular flexibility index (Phi) is 5.61. The monoisotopic (exact) mass is 416 g/mol. The fourth-order valence-electron chi connectivity index (χ4n) is 3.11. The molecule has 1 atom stereocenters. The van der Waals surface area contributed by atoms with Crippen LogP contribution < -0.4 is 5.32 Å². The van der Waals surface area contributed by atoms with Crippen LogP contribution in [-0.2, 0) is 14.8 Å². The molecule has 10 heteroatoms. The number of nitrogens with one attached hydrogen (secondary N) is 1. The van der Waals surface area contributed by atoms with Crippen molar-refractivity contribution in [3.8, 4) is 6.07 Å². The molecule has 7 nitrogen and oxygen atoms in total. The lowest BCUT2D eigenvalue weighted by Gasteiger charge is -2.34. The molecule has 2 aliphatic rings. The van der Waals surface area contributed by atoms with Gasteiger partial charge in [-0.15, -0.1) is 11.3 Å². The number of rotatable bonds is 6. The van der Waals surface area contributed by atoms with Crippen molar-refractivity contribution in [2.45, 2.75) is 29.5 Å². The van der Waals surface area contributed by atoms with Crippen molar-refractivity contribution in [1.82, 2.24) is 14.5 Å². The van der Waals surface area contributed by atoms with Crippen molar-refractivity contribution in [3.63, 3.8) is 0 Å². The molecule has 0 radical (unpaired) electrons. The van der Waals surface area contributed by atoms with Gasteiger partial charge in [-0.3, -0.25) is 9.69 Å². The molecule has 0 unspecified atom stereocenters. The Balaban J connectivity index is 1.52. The molecule has 1 aliphatic carbocycles. The van der Waals surface area contributed by atoms with E-state index in [4.69, 9.17) is 11.6 Å². The number of hydrogen-bond donors (Lipinski definition) is 1. The van der Waals surface area contributed by atoms with Gasteiger partial charge in [0.2, 0.25) is 5.91 Å². The maximum Gasteiger partial charge on any atom is 0.252 e. The van der Waals surface area contributed by atoms with Crippen LogP contribution in [0.4, 0.5) is 0 Å². The van der Waals surface area contributed by atoms with Crippen molar-refractivity contribution < 1.29 is 13.2 Å². The Morgan fingerprint density at radius 1 is 1.38 bits per heavy atom. The SMILES string of the molecule is C[C@@](C#N)(NC(=O)CN1CCN(S(=O)(=O)c2ccc(Cl)s2)CC1)C1CC1. The van der Waals surface area contributed by atoms with Gasteiger partial charge in [0, 0.05) is 26.2 Å². The molecule has 2 heterocycles. The molecule has 2 fully saturated rings. The Labute approximate surface area is 162 Å². The summed E-state index contributed by atoms with van der Waals surface area (Å²) in [6, 6.07) is 5.30. The number of nitrogens with zero attached hydrogens (tertiary/aromatic N) is 3. The molecule has 0 aromatic carbocycles. The number of sulfonamides is 1. The largest absolute Gasteiger partial charge is 0.337 e. The molecule has 1 aliphatic heterocycles. The van der Waals surface area contributed by atoms with Crippen LogP contribution in [0.15, 0.2) is 16.3 Å². The van der Waals surface area contributed by atoms with Crippen LogP contribution in [0.1, 0.15) is 19.8 Å². The average Bonchev–Trinajstić information content (AvgIpc) is 3.37. The molecule has 0 bridgehead atoms. The third-order valence-corrected chi connectivity index (χ3v) is 8.46. The minimum atomic E-state index is -3.53. The zero-order chi connectivity index (χ0) is 18.9. The summed E-state index contributed by atoms with van der Waals surface area (Å²) in [5.41, 5.74) is -0.805. The number of amides is 1. The third-order valence-electron chi connectivity index (χ3n) is 4.87. The second kappa shape index (κ2) is 7.44. The maximum atomic E-state index is 12.6. The lowest BCUT2D eigenvalue weighted by atomic mass is 9.98. The first kappa shape index (κ1) is 19.6. The van der Waals surface area contributed by atoms with Gasteiger partial charge < -0.3 is 5.32 Å². The molecule has 142 valence electrons. The van der Waals surface area contributed by atoms with Gasteiger partial charge in [-0.25, -0.2) is 8.42 Å². The molecule has 1 saturated carbocycles. The number of nitriles is 1. The molecule has 26 heavy (non-hydrogen) atoms. The van der Waals surface area contributed by atoms with E-state index in [0.717, 1.165) is 24.2 Å². The van der Waals surface area contributed by atoms with Gasteiger partial charge in [-0.2, -0.15) is 9.57 Å². The molecule has 3 rings (SSSR count). The van der Waals surface area contributed by atoms with Crippen molar-refractivity contribution in [2.75, 3.05) is 32.7 Å². The van der Waals surface area contributed by atoms with Crippen molar-refractivity contribution in [3.05, 3.63) is 16.5 Å². The Morgan fingerprint density at radius 2 is 2.04 bits per heavy atom. The fourth-order valence-corrected chi connectivity index (χ4v) is 6.17. The summed E-state index contributed by atoms with van der Waals surface area (Å²) in [4.78, 5) is 14.2. The minimum Gasteiger partial charge on any atom is -0.337 e. The first-order valence-electron chi connectivity index (χ1n) is 8.45. The van der Waals surface area contributed by atoms with E-state index >= 15 is 0 Å².